The van der Waals surface area contributed by atoms with E-state index in [2.05, 4.69) is 15.1 Å². The average molecular weight is 326 g/mol. The van der Waals surface area contributed by atoms with Gasteiger partial charge in [-0.05, 0) is 12.1 Å². The van der Waals surface area contributed by atoms with E-state index in [0.717, 1.165) is 22.3 Å². The average Bonchev–Trinajstić information content (AvgIpc) is 3.07. The molecule has 4 rings (SSSR count). The van der Waals surface area contributed by atoms with E-state index in [4.69, 9.17) is 14.1 Å². The number of fused-ring (bicyclic) bond motifs is 1. The lowest BCUT2D eigenvalue weighted by atomic mass is 10.1. The van der Waals surface area contributed by atoms with E-state index in [9.17, 15) is 5.11 Å². The van der Waals surface area contributed by atoms with Gasteiger partial charge in [-0.1, -0.05) is 18.2 Å². The summed E-state index contributed by atoms with van der Waals surface area (Å²) in [4.78, 5) is 6.85. The number of para-hydroxylation sites is 1. The Labute approximate surface area is 138 Å². The van der Waals surface area contributed by atoms with Crippen LogP contribution in [-0.4, -0.2) is 40.0 Å². The number of hydrogen-bond donors (Lipinski definition) is 1. The maximum Gasteiger partial charge on any atom is 0.246 e. The number of aliphatic hydroxyl groups is 1. The zero-order valence-corrected chi connectivity index (χ0v) is 13.3. The summed E-state index contributed by atoms with van der Waals surface area (Å²) >= 11 is 0. The zero-order chi connectivity index (χ0) is 16.5. The molecule has 1 N–H and O–H groups in total. The van der Waals surface area contributed by atoms with Gasteiger partial charge in [-0.15, -0.1) is 10.2 Å². The molecule has 1 atom stereocenters. The minimum atomic E-state index is -0.292. The molecule has 7 nitrogen and oxygen atoms in total. The molecule has 2 aromatic heterocycles. The van der Waals surface area contributed by atoms with E-state index in [1.807, 2.05) is 30.3 Å². The highest BCUT2D eigenvalue weighted by molar-refractivity contribution is 5.81. The third-order valence-electron chi connectivity index (χ3n) is 4.13. The van der Waals surface area contributed by atoms with Gasteiger partial charge in [0.1, 0.15) is 5.82 Å². The topological polar surface area (TPSA) is 84.5 Å². The highest BCUT2D eigenvalue weighted by Crippen LogP contribution is 2.28. The molecule has 3 heterocycles. The fourth-order valence-corrected chi connectivity index (χ4v) is 2.97. The van der Waals surface area contributed by atoms with Crippen LogP contribution in [-0.2, 0) is 11.3 Å². The first-order valence-electron chi connectivity index (χ1n) is 7.90. The van der Waals surface area contributed by atoms with Crippen molar-refractivity contribution in [2.24, 2.45) is 0 Å². The molecule has 1 aromatic carbocycles. The third kappa shape index (κ3) is 2.72. The lowest BCUT2D eigenvalue weighted by Crippen LogP contribution is -2.39. The van der Waals surface area contributed by atoms with Crippen molar-refractivity contribution in [3.05, 3.63) is 47.7 Å². The number of rotatable bonds is 3. The second kappa shape index (κ2) is 6.18. The molecule has 0 amide bonds. The van der Waals surface area contributed by atoms with Gasteiger partial charge in [0.2, 0.25) is 11.8 Å². The van der Waals surface area contributed by atoms with Crippen LogP contribution in [0.25, 0.3) is 10.9 Å². The molecule has 1 unspecified atom stereocenters. The lowest BCUT2D eigenvalue weighted by molar-refractivity contribution is 0.0213. The number of aromatic nitrogens is 3. The van der Waals surface area contributed by atoms with Crippen molar-refractivity contribution in [1.29, 1.82) is 0 Å². The molecule has 1 saturated heterocycles. The van der Waals surface area contributed by atoms with Gasteiger partial charge in [-0.3, -0.25) is 0 Å². The van der Waals surface area contributed by atoms with Crippen LogP contribution in [0.1, 0.15) is 23.4 Å². The molecule has 1 aliphatic heterocycles. The quantitative estimate of drug-likeness (QED) is 0.788. The van der Waals surface area contributed by atoms with Crippen molar-refractivity contribution in [2.45, 2.75) is 19.6 Å². The highest BCUT2D eigenvalue weighted by atomic mass is 16.5. The number of benzene rings is 1. The summed E-state index contributed by atoms with van der Waals surface area (Å²) in [7, 11) is 0. The lowest BCUT2D eigenvalue weighted by Gasteiger charge is -2.33. The fraction of sp³-hybridized carbons (Fsp3) is 0.353. The van der Waals surface area contributed by atoms with E-state index in [0.29, 0.717) is 31.5 Å². The van der Waals surface area contributed by atoms with E-state index >= 15 is 0 Å². The van der Waals surface area contributed by atoms with Crippen LogP contribution in [0.4, 0.5) is 5.82 Å². The van der Waals surface area contributed by atoms with Crippen LogP contribution in [0.5, 0.6) is 0 Å². The smallest absolute Gasteiger partial charge is 0.246 e. The Hall–Kier alpha value is -2.51. The molecule has 24 heavy (non-hydrogen) atoms. The van der Waals surface area contributed by atoms with Crippen molar-refractivity contribution in [1.82, 2.24) is 15.2 Å². The summed E-state index contributed by atoms with van der Waals surface area (Å²) in [5.74, 6) is 1.77. The summed E-state index contributed by atoms with van der Waals surface area (Å²) in [5.41, 5.74) is 1.71. The predicted molar refractivity (Wildman–Crippen MR) is 87.6 cm³/mol. The van der Waals surface area contributed by atoms with Crippen molar-refractivity contribution < 1.29 is 14.3 Å². The first-order chi connectivity index (χ1) is 11.7. The SMILES string of the molecule is Cc1nnc(C2CN(c3nc4ccccc4cc3CO)CCO2)o1. The third-order valence-corrected chi connectivity index (χ3v) is 4.13. The van der Waals surface area contributed by atoms with Gasteiger partial charge < -0.3 is 19.2 Å². The Kier molecular flexibility index (Phi) is 3.87. The molecular weight excluding hydrogens is 308 g/mol. The molecule has 1 aliphatic rings. The van der Waals surface area contributed by atoms with Crippen LogP contribution < -0.4 is 4.90 Å². The first kappa shape index (κ1) is 15.0. The van der Waals surface area contributed by atoms with Crippen molar-refractivity contribution >= 4 is 16.7 Å². The Morgan fingerprint density at radius 1 is 1.29 bits per heavy atom. The standard InChI is InChI=1S/C17H18N4O3/c1-11-19-20-17(24-11)15-9-21(6-7-23-15)16-13(10-22)8-12-4-2-3-5-14(12)18-16/h2-5,8,15,22H,6-7,9-10H2,1H3. The van der Waals surface area contributed by atoms with E-state index < -0.39 is 0 Å². The van der Waals surface area contributed by atoms with E-state index in [1.54, 1.807) is 6.92 Å². The summed E-state index contributed by atoms with van der Waals surface area (Å²) in [6.45, 7) is 3.48. The Balaban J connectivity index is 1.68. The number of aryl methyl sites for hydroxylation is 1. The predicted octanol–water partition coefficient (Wildman–Crippen LogP) is 2.00. The number of pyridine rings is 1. The van der Waals surface area contributed by atoms with Gasteiger partial charge in [0.15, 0.2) is 6.10 Å². The fourth-order valence-electron chi connectivity index (χ4n) is 2.97. The van der Waals surface area contributed by atoms with Gasteiger partial charge in [-0.2, -0.15) is 0 Å². The Bertz CT molecular complexity index is 864. The van der Waals surface area contributed by atoms with E-state index in [1.165, 1.54) is 0 Å². The zero-order valence-electron chi connectivity index (χ0n) is 13.3. The maximum atomic E-state index is 9.76. The second-order valence-electron chi connectivity index (χ2n) is 5.79. The minimum Gasteiger partial charge on any atom is -0.423 e. The van der Waals surface area contributed by atoms with Gasteiger partial charge in [0, 0.05) is 24.4 Å². The normalized spacial score (nSPS) is 18.2. The van der Waals surface area contributed by atoms with Gasteiger partial charge in [-0.25, -0.2) is 4.98 Å². The molecule has 124 valence electrons. The maximum absolute atomic E-state index is 9.76. The molecular formula is C17H18N4O3. The largest absolute Gasteiger partial charge is 0.423 e. The molecule has 7 heteroatoms. The number of morpholine rings is 1. The van der Waals surface area contributed by atoms with Crippen LogP contribution in [0.2, 0.25) is 0 Å². The minimum absolute atomic E-state index is 0.0607. The van der Waals surface area contributed by atoms with Gasteiger partial charge in [0.05, 0.1) is 25.3 Å². The number of ether oxygens (including phenoxy) is 1. The molecule has 0 aliphatic carbocycles. The van der Waals surface area contributed by atoms with Crippen molar-refractivity contribution in [3.8, 4) is 0 Å². The monoisotopic (exact) mass is 326 g/mol. The number of anilines is 1. The van der Waals surface area contributed by atoms with Crippen LogP contribution in [0.3, 0.4) is 0 Å². The van der Waals surface area contributed by atoms with Crippen molar-refractivity contribution in [3.63, 3.8) is 0 Å². The molecule has 1 fully saturated rings. The molecule has 0 saturated carbocycles. The Morgan fingerprint density at radius 3 is 2.96 bits per heavy atom. The first-order valence-corrected chi connectivity index (χ1v) is 7.90. The number of hydrogen-bond acceptors (Lipinski definition) is 7. The second-order valence-corrected chi connectivity index (χ2v) is 5.79. The highest BCUT2D eigenvalue weighted by Gasteiger charge is 2.28. The van der Waals surface area contributed by atoms with Gasteiger partial charge in [0.25, 0.3) is 0 Å². The van der Waals surface area contributed by atoms with Crippen molar-refractivity contribution in [2.75, 3.05) is 24.6 Å². The van der Waals surface area contributed by atoms with Crippen LogP contribution in [0, 0.1) is 6.92 Å². The number of aliphatic hydroxyl groups excluding tert-OH is 1. The summed E-state index contributed by atoms with van der Waals surface area (Å²) in [6, 6.07) is 9.88. The Morgan fingerprint density at radius 2 is 2.17 bits per heavy atom. The van der Waals surface area contributed by atoms with Crippen LogP contribution >= 0.6 is 0 Å². The molecule has 3 aromatic rings. The molecule has 0 bridgehead atoms. The number of nitrogens with zero attached hydrogens (tertiary/aromatic N) is 4. The molecule has 0 radical (unpaired) electrons. The van der Waals surface area contributed by atoms with E-state index in [-0.39, 0.29) is 12.7 Å². The summed E-state index contributed by atoms with van der Waals surface area (Å²) in [6.07, 6.45) is -0.292. The van der Waals surface area contributed by atoms with Gasteiger partial charge >= 0.3 is 0 Å². The summed E-state index contributed by atoms with van der Waals surface area (Å²) < 4.78 is 11.3. The van der Waals surface area contributed by atoms with Crippen LogP contribution in [0.15, 0.2) is 34.7 Å². The summed E-state index contributed by atoms with van der Waals surface area (Å²) in [5, 5.41) is 18.7. The molecule has 0 spiro atoms.